The fourth-order valence-electron chi connectivity index (χ4n) is 2.38. The van der Waals surface area contributed by atoms with Gasteiger partial charge in [-0.3, -0.25) is 0 Å². The summed E-state index contributed by atoms with van der Waals surface area (Å²) < 4.78 is 11.2. The van der Waals surface area contributed by atoms with Crippen LogP contribution in [0.25, 0.3) is 0 Å². The van der Waals surface area contributed by atoms with Crippen molar-refractivity contribution in [2.75, 3.05) is 19.8 Å². The summed E-state index contributed by atoms with van der Waals surface area (Å²) >= 11 is 0. The molecule has 3 nitrogen and oxygen atoms in total. The zero-order valence-corrected chi connectivity index (χ0v) is 12.1. The molecule has 2 rings (SSSR count). The van der Waals surface area contributed by atoms with Gasteiger partial charge in [0.2, 0.25) is 0 Å². The van der Waals surface area contributed by atoms with E-state index in [0.717, 1.165) is 24.5 Å². The number of rotatable bonds is 7. The van der Waals surface area contributed by atoms with Gasteiger partial charge in [-0.2, -0.15) is 0 Å². The van der Waals surface area contributed by atoms with Crippen LogP contribution in [0.1, 0.15) is 38.7 Å². The van der Waals surface area contributed by atoms with Crippen molar-refractivity contribution in [3.05, 3.63) is 23.8 Å². The van der Waals surface area contributed by atoms with Crippen LogP contribution in [0.2, 0.25) is 0 Å². The highest BCUT2D eigenvalue weighted by molar-refractivity contribution is 5.43. The molecule has 0 saturated carbocycles. The first-order chi connectivity index (χ1) is 9.33. The number of ether oxygens (including phenoxy) is 2. The molecule has 19 heavy (non-hydrogen) atoms. The van der Waals surface area contributed by atoms with Crippen LogP contribution in [-0.4, -0.2) is 25.8 Å². The van der Waals surface area contributed by atoms with Gasteiger partial charge in [-0.25, -0.2) is 0 Å². The Labute approximate surface area is 116 Å². The maximum atomic E-state index is 5.62. The number of aryl methyl sites for hydroxylation is 1. The summed E-state index contributed by atoms with van der Waals surface area (Å²) in [6.45, 7) is 6.88. The van der Waals surface area contributed by atoms with Crippen LogP contribution >= 0.6 is 0 Å². The van der Waals surface area contributed by atoms with Crippen molar-refractivity contribution in [3.8, 4) is 11.5 Å². The van der Waals surface area contributed by atoms with Crippen molar-refractivity contribution in [3.63, 3.8) is 0 Å². The Morgan fingerprint density at radius 3 is 2.68 bits per heavy atom. The molecule has 0 spiro atoms. The largest absolute Gasteiger partial charge is 0.486 e. The van der Waals surface area contributed by atoms with Gasteiger partial charge in [0.05, 0.1) is 0 Å². The van der Waals surface area contributed by atoms with Crippen molar-refractivity contribution in [1.82, 2.24) is 5.32 Å². The zero-order chi connectivity index (χ0) is 13.5. The fourth-order valence-corrected chi connectivity index (χ4v) is 2.38. The first-order valence-corrected chi connectivity index (χ1v) is 7.45. The lowest BCUT2D eigenvalue weighted by Crippen LogP contribution is -2.29. The Hall–Kier alpha value is -1.22. The minimum atomic E-state index is 0.619. The summed E-state index contributed by atoms with van der Waals surface area (Å²) in [6, 6.07) is 6.93. The van der Waals surface area contributed by atoms with Crippen LogP contribution in [0.3, 0.4) is 0 Å². The lowest BCUT2D eigenvalue weighted by atomic mass is 10.0. The van der Waals surface area contributed by atoms with Crippen molar-refractivity contribution in [2.24, 2.45) is 0 Å². The van der Waals surface area contributed by atoms with E-state index in [9.17, 15) is 0 Å². The molecule has 3 heteroatoms. The van der Waals surface area contributed by atoms with Crippen molar-refractivity contribution in [2.45, 2.75) is 45.6 Å². The van der Waals surface area contributed by atoms with Crippen molar-refractivity contribution in [1.29, 1.82) is 0 Å². The Bertz CT molecular complexity index is 392. The molecule has 1 heterocycles. The van der Waals surface area contributed by atoms with Gasteiger partial charge >= 0.3 is 0 Å². The Balaban J connectivity index is 1.88. The highest BCUT2D eigenvalue weighted by Crippen LogP contribution is 2.31. The van der Waals surface area contributed by atoms with E-state index >= 15 is 0 Å². The third-order valence-corrected chi connectivity index (χ3v) is 3.56. The van der Waals surface area contributed by atoms with Gasteiger partial charge in [0, 0.05) is 6.04 Å². The van der Waals surface area contributed by atoms with Crippen LogP contribution in [0, 0.1) is 0 Å². The smallest absolute Gasteiger partial charge is 0.161 e. The van der Waals surface area contributed by atoms with Crippen LogP contribution in [0.4, 0.5) is 0 Å². The number of hydrogen-bond acceptors (Lipinski definition) is 3. The molecule has 1 aliphatic heterocycles. The number of nitrogens with one attached hydrogen (secondary N) is 1. The maximum absolute atomic E-state index is 5.62. The number of benzene rings is 1. The summed E-state index contributed by atoms with van der Waals surface area (Å²) in [6.07, 6.45) is 4.65. The lowest BCUT2D eigenvalue weighted by Gasteiger charge is -2.20. The summed E-state index contributed by atoms with van der Waals surface area (Å²) in [5.41, 5.74) is 1.33. The second-order valence-corrected chi connectivity index (χ2v) is 5.08. The first-order valence-electron chi connectivity index (χ1n) is 7.45. The molecule has 1 unspecified atom stereocenters. The zero-order valence-electron chi connectivity index (χ0n) is 12.1. The van der Waals surface area contributed by atoms with E-state index in [4.69, 9.17) is 9.47 Å². The summed E-state index contributed by atoms with van der Waals surface area (Å²) in [5.74, 6) is 1.78. The van der Waals surface area contributed by atoms with Crippen molar-refractivity contribution < 1.29 is 9.47 Å². The monoisotopic (exact) mass is 263 g/mol. The van der Waals surface area contributed by atoms with E-state index in [1.165, 1.54) is 24.8 Å². The normalized spacial score (nSPS) is 15.3. The summed E-state index contributed by atoms with van der Waals surface area (Å²) in [4.78, 5) is 0. The Kier molecular flexibility index (Phi) is 5.52. The molecule has 0 aromatic heterocycles. The molecule has 1 N–H and O–H groups in total. The minimum Gasteiger partial charge on any atom is -0.486 e. The van der Waals surface area contributed by atoms with Gasteiger partial charge in [-0.15, -0.1) is 0 Å². The SMILES string of the molecule is CCCNC(CC)CCc1ccc2c(c1)OCCO2. The second kappa shape index (κ2) is 7.39. The highest BCUT2D eigenvalue weighted by Gasteiger charge is 2.12. The van der Waals surface area contributed by atoms with E-state index in [1.807, 2.05) is 6.07 Å². The molecule has 1 aromatic carbocycles. The van der Waals surface area contributed by atoms with Crippen LogP contribution in [-0.2, 0) is 6.42 Å². The summed E-state index contributed by atoms with van der Waals surface area (Å²) in [7, 11) is 0. The van der Waals surface area contributed by atoms with Crippen LogP contribution < -0.4 is 14.8 Å². The van der Waals surface area contributed by atoms with Gasteiger partial charge in [0.25, 0.3) is 0 Å². The Morgan fingerprint density at radius 1 is 1.16 bits per heavy atom. The molecule has 0 bridgehead atoms. The van der Waals surface area contributed by atoms with Gasteiger partial charge in [0.15, 0.2) is 11.5 Å². The van der Waals surface area contributed by atoms with E-state index in [2.05, 4.69) is 31.3 Å². The molecular weight excluding hydrogens is 238 g/mol. The molecular formula is C16H25NO2. The maximum Gasteiger partial charge on any atom is 0.161 e. The minimum absolute atomic E-state index is 0.619. The third kappa shape index (κ3) is 4.13. The molecule has 0 fully saturated rings. The molecule has 1 aromatic rings. The Morgan fingerprint density at radius 2 is 1.95 bits per heavy atom. The molecule has 0 saturated heterocycles. The third-order valence-electron chi connectivity index (χ3n) is 3.56. The molecule has 1 aliphatic rings. The molecule has 1 atom stereocenters. The van der Waals surface area contributed by atoms with Crippen molar-refractivity contribution >= 4 is 0 Å². The number of hydrogen-bond donors (Lipinski definition) is 1. The predicted molar refractivity (Wildman–Crippen MR) is 78.1 cm³/mol. The standard InChI is InChI=1S/C16H25NO2/c1-3-9-17-14(4-2)7-5-13-6-8-15-16(12-13)19-11-10-18-15/h6,8,12,14,17H,3-5,7,9-11H2,1-2H3. The molecule has 0 radical (unpaired) electrons. The van der Waals surface area contributed by atoms with Crippen LogP contribution in [0.5, 0.6) is 11.5 Å². The van der Waals surface area contributed by atoms with E-state index in [1.54, 1.807) is 0 Å². The molecule has 0 aliphatic carbocycles. The van der Waals surface area contributed by atoms with E-state index < -0.39 is 0 Å². The van der Waals surface area contributed by atoms with Gasteiger partial charge in [0.1, 0.15) is 13.2 Å². The van der Waals surface area contributed by atoms with Gasteiger partial charge in [-0.05, 0) is 49.9 Å². The van der Waals surface area contributed by atoms with Gasteiger partial charge in [-0.1, -0.05) is 19.9 Å². The van der Waals surface area contributed by atoms with Gasteiger partial charge < -0.3 is 14.8 Å². The topological polar surface area (TPSA) is 30.5 Å². The molecule has 0 amide bonds. The van der Waals surface area contributed by atoms with Crippen LogP contribution in [0.15, 0.2) is 18.2 Å². The highest BCUT2D eigenvalue weighted by atomic mass is 16.6. The quantitative estimate of drug-likeness (QED) is 0.819. The average Bonchev–Trinajstić information content (AvgIpc) is 2.47. The second-order valence-electron chi connectivity index (χ2n) is 5.08. The summed E-state index contributed by atoms with van der Waals surface area (Å²) in [5, 5.41) is 3.60. The van der Waals surface area contributed by atoms with E-state index in [-0.39, 0.29) is 0 Å². The molecule has 106 valence electrons. The average molecular weight is 263 g/mol. The predicted octanol–water partition coefficient (Wildman–Crippen LogP) is 3.17. The number of fused-ring (bicyclic) bond motifs is 1. The fraction of sp³-hybridized carbons (Fsp3) is 0.625. The first kappa shape index (κ1) is 14.2. The van der Waals surface area contributed by atoms with E-state index in [0.29, 0.717) is 19.3 Å². The lowest BCUT2D eigenvalue weighted by molar-refractivity contribution is 0.171.